The zero-order valence-corrected chi connectivity index (χ0v) is 16.2. The van der Waals surface area contributed by atoms with E-state index in [1.807, 2.05) is 0 Å². The molecule has 2 aromatic carbocycles. The summed E-state index contributed by atoms with van der Waals surface area (Å²) in [6.07, 6.45) is -4.51. The van der Waals surface area contributed by atoms with Crippen molar-refractivity contribution in [1.82, 2.24) is 0 Å². The monoisotopic (exact) mass is 431 g/mol. The van der Waals surface area contributed by atoms with Crippen LogP contribution in [0.1, 0.15) is 33.4 Å². The molecule has 0 aliphatic heterocycles. The third kappa shape index (κ3) is 5.59. The third-order valence-electron chi connectivity index (χ3n) is 4.14. The Kier molecular flexibility index (Phi) is 6.24. The maximum Gasteiger partial charge on any atom is 0.416 e. The number of anilines is 1. The van der Waals surface area contributed by atoms with Gasteiger partial charge in [-0.2, -0.15) is 13.2 Å². The van der Waals surface area contributed by atoms with E-state index >= 15 is 0 Å². The Morgan fingerprint density at radius 3 is 2.35 bits per heavy atom. The van der Waals surface area contributed by atoms with Gasteiger partial charge in [0.25, 0.3) is 0 Å². The van der Waals surface area contributed by atoms with Gasteiger partial charge in [0.2, 0.25) is 11.7 Å². The Morgan fingerprint density at radius 2 is 1.71 bits per heavy atom. The average Bonchev–Trinajstić information content (AvgIpc) is 3.22. The second-order valence-electron chi connectivity index (χ2n) is 6.50. The molecule has 31 heavy (non-hydrogen) atoms. The summed E-state index contributed by atoms with van der Waals surface area (Å²) < 4.78 is 48.8. The van der Waals surface area contributed by atoms with Crippen molar-refractivity contribution in [3.63, 3.8) is 0 Å². The smallest absolute Gasteiger partial charge is 0.416 e. The normalized spacial score (nSPS) is 11.1. The predicted molar refractivity (Wildman–Crippen MR) is 105 cm³/mol. The molecule has 1 N–H and O–H groups in total. The molecular formula is C22H16F3NO5. The lowest BCUT2D eigenvalue weighted by Gasteiger charge is -2.07. The number of halogens is 3. The fraction of sp³-hybridized carbons (Fsp3) is 0.136. The first-order chi connectivity index (χ1) is 14.6. The molecule has 160 valence electrons. The molecule has 0 radical (unpaired) electrons. The van der Waals surface area contributed by atoms with Crippen molar-refractivity contribution in [3.05, 3.63) is 77.6 Å². The van der Waals surface area contributed by atoms with Crippen LogP contribution in [0.25, 0.3) is 11.3 Å². The van der Waals surface area contributed by atoms with Crippen molar-refractivity contribution >= 4 is 23.3 Å². The maximum atomic E-state index is 12.9. The number of hydrogen-bond donors (Lipinski definition) is 1. The first-order valence-electron chi connectivity index (χ1n) is 8.99. The SMILES string of the molecule is CC(=O)Nc1ccc(C(=O)COC(=O)c2ccc(-c3cccc(C(F)(F)F)c3)o2)cc1. The molecule has 3 rings (SSSR count). The van der Waals surface area contributed by atoms with Crippen molar-refractivity contribution in [2.75, 3.05) is 11.9 Å². The molecule has 0 atom stereocenters. The van der Waals surface area contributed by atoms with Gasteiger partial charge in [-0.25, -0.2) is 4.79 Å². The zero-order chi connectivity index (χ0) is 22.6. The lowest BCUT2D eigenvalue weighted by molar-refractivity contribution is -0.137. The lowest BCUT2D eigenvalue weighted by atomic mass is 10.1. The molecule has 0 bridgehead atoms. The molecule has 0 unspecified atom stereocenters. The number of amides is 1. The minimum atomic E-state index is -4.51. The van der Waals surface area contributed by atoms with Crippen LogP contribution in [0.4, 0.5) is 18.9 Å². The van der Waals surface area contributed by atoms with E-state index in [0.717, 1.165) is 12.1 Å². The number of carbonyl (C=O) groups is 3. The van der Waals surface area contributed by atoms with Crippen molar-refractivity contribution in [3.8, 4) is 11.3 Å². The second kappa shape index (κ2) is 8.86. The van der Waals surface area contributed by atoms with Crippen molar-refractivity contribution in [2.45, 2.75) is 13.1 Å². The van der Waals surface area contributed by atoms with E-state index in [2.05, 4.69) is 5.32 Å². The molecule has 0 aliphatic carbocycles. The number of benzene rings is 2. The number of carbonyl (C=O) groups excluding carboxylic acids is 3. The molecule has 1 heterocycles. The number of hydrogen-bond acceptors (Lipinski definition) is 5. The number of esters is 1. The average molecular weight is 431 g/mol. The molecule has 0 fully saturated rings. The molecule has 1 aromatic heterocycles. The van der Waals surface area contributed by atoms with E-state index in [0.29, 0.717) is 5.69 Å². The molecule has 9 heteroatoms. The fourth-order valence-electron chi connectivity index (χ4n) is 2.68. The number of nitrogens with one attached hydrogen (secondary N) is 1. The summed E-state index contributed by atoms with van der Waals surface area (Å²) in [4.78, 5) is 35.3. The first kappa shape index (κ1) is 21.8. The summed E-state index contributed by atoms with van der Waals surface area (Å²) in [6, 6.07) is 13.1. The molecule has 1 amide bonds. The van der Waals surface area contributed by atoms with Gasteiger partial charge in [0.05, 0.1) is 5.56 Å². The zero-order valence-electron chi connectivity index (χ0n) is 16.2. The van der Waals surface area contributed by atoms with Gasteiger partial charge in [-0.3, -0.25) is 9.59 Å². The van der Waals surface area contributed by atoms with Crippen LogP contribution in [-0.2, 0) is 15.7 Å². The van der Waals surface area contributed by atoms with Crippen molar-refractivity contribution in [2.24, 2.45) is 0 Å². The topological polar surface area (TPSA) is 85.6 Å². The van der Waals surface area contributed by atoms with Crippen LogP contribution in [0.2, 0.25) is 0 Å². The Hall–Kier alpha value is -3.88. The number of Topliss-reactive ketones (excluding diaryl/α,β-unsaturated/α-hetero) is 1. The Balaban J connectivity index is 1.62. The van der Waals surface area contributed by atoms with Crippen molar-refractivity contribution in [1.29, 1.82) is 0 Å². The van der Waals surface area contributed by atoms with E-state index in [4.69, 9.17) is 9.15 Å². The summed E-state index contributed by atoms with van der Waals surface area (Å²) in [6.45, 7) is 0.795. The van der Waals surface area contributed by atoms with Crippen LogP contribution in [0.5, 0.6) is 0 Å². The molecule has 0 saturated carbocycles. The highest BCUT2D eigenvalue weighted by molar-refractivity contribution is 5.99. The third-order valence-corrected chi connectivity index (χ3v) is 4.14. The Morgan fingerprint density at radius 1 is 1.00 bits per heavy atom. The minimum absolute atomic E-state index is 0.0536. The largest absolute Gasteiger partial charge is 0.451 e. The predicted octanol–water partition coefficient (Wildman–Crippen LogP) is 4.96. The van der Waals surface area contributed by atoms with E-state index in [1.165, 1.54) is 55.5 Å². The fourth-order valence-corrected chi connectivity index (χ4v) is 2.68. The van der Waals surface area contributed by atoms with Gasteiger partial charge in [0.1, 0.15) is 5.76 Å². The molecule has 6 nitrogen and oxygen atoms in total. The van der Waals surface area contributed by atoms with Crippen LogP contribution >= 0.6 is 0 Å². The highest BCUT2D eigenvalue weighted by Gasteiger charge is 2.30. The summed E-state index contributed by atoms with van der Waals surface area (Å²) in [5.74, 6) is -1.86. The first-order valence-corrected chi connectivity index (χ1v) is 8.99. The van der Waals surface area contributed by atoms with Gasteiger partial charge >= 0.3 is 12.1 Å². The highest BCUT2D eigenvalue weighted by atomic mass is 19.4. The van der Waals surface area contributed by atoms with Gasteiger partial charge in [-0.1, -0.05) is 12.1 Å². The van der Waals surface area contributed by atoms with E-state index in [9.17, 15) is 27.6 Å². The maximum absolute atomic E-state index is 12.9. The van der Waals surface area contributed by atoms with E-state index in [1.54, 1.807) is 0 Å². The minimum Gasteiger partial charge on any atom is -0.451 e. The van der Waals surface area contributed by atoms with Gasteiger partial charge in [0.15, 0.2) is 12.4 Å². The second-order valence-corrected chi connectivity index (χ2v) is 6.50. The van der Waals surface area contributed by atoms with Gasteiger partial charge in [0, 0.05) is 23.7 Å². The molecule has 0 spiro atoms. The number of ketones is 1. The van der Waals surface area contributed by atoms with Crippen molar-refractivity contribution < 1.29 is 36.7 Å². The van der Waals surface area contributed by atoms with Crippen LogP contribution in [0.15, 0.2) is 65.1 Å². The standard InChI is InChI=1S/C22H16F3NO5/c1-13(27)26-17-7-5-14(6-8-17)18(28)12-30-21(29)20-10-9-19(31-20)15-3-2-4-16(11-15)22(23,24)25/h2-11H,12H2,1H3,(H,26,27). The van der Waals surface area contributed by atoms with Crippen LogP contribution in [0, 0.1) is 0 Å². The number of furan rings is 1. The van der Waals surface area contributed by atoms with Gasteiger partial charge < -0.3 is 14.5 Å². The van der Waals surface area contributed by atoms with E-state index < -0.39 is 30.1 Å². The molecule has 0 saturated heterocycles. The Labute approximate surface area is 174 Å². The number of ether oxygens (including phenoxy) is 1. The summed E-state index contributed by atoms with van der Waals surface area (Å²) in [5, 5.41) is 2.56. The number of alkyl halides is 3. The van der Waals surface area contributed by atoms with Gasteiger partial charge in [-0.05, 0) is 48.5 Å². The highest BCUT2D eigenvalue weighted by Crippen LogP contribution is 2.32. The quantitative estimate of drug-likeness (QED) is 0.440. The molecular weight excluding hydrogens is 415 g/mol. The summed E-state index contributed by atoms with van der Waals surface area (Å²) in [7, 11) is 0. The van der Waals surface area contributed by atoms with Crippen LogP contribution in [0.3, 0.4) is 0 Å². The lowest BCUT2D eigenvalue weighted by Crippen LogP contribution is -2.14. The van der Waals surface area contributed by atoms with E-state index in [-0.39, 0.29) is 28.6 Å². The molecule has 3 aromatic rings. The summed E-state index contributed by atoms with van der Waals surface area (Å²) >= 11 is 0. The molecule has 0 aliphatic rings. The van der Waals surface area contributed by atoms with Crippen LogP contribution < -0.4 is 5.32 Å². The Bertz CT molecular complexity index is 1120. The van der Waals surface area contributed by atoms with Crippen LogP contribution in [-0.4, -0.2) is 24.3 Å². The number of rotatable bonds is 6. The summed E-state index contributed by atoms with van der Waals surface area (Å²) in [5.41, 5.74) is 0.0783. The van der Waals surface area contributed by atoms with Gasteiger partial charge in [-0.15, -0.1) is 0 Å².